The van der Waals surface area contributed by atoms with E-state index in [4.69, 9.17) is 22.1 Å². The number of rotatable bonds is 6. The molecule has 0 aliphatic heterocycles. The van der Waals surface area contributed by atoms with Gasteiger partial charge in [-0.15, -0.1) is 0 Å². The Bertz CT molecular complexity index is 409. The number of carbonyl (C=O) groups excluding carboxylic acids is 1. The quantitative estimate of drug-likeness (QED) is 0.808. The summed E-state index contributed by atoms with van der Waals surface area (Å²) in [6.45, 7) is 0. The van der Waals surface area contributed by atoms with Crippen molar-refractivity contribution in [3.05, 3.63) is 28.8 Å². The molecular weight excluding hydrogens is 254 g/mol. The molecule has 1 atom stereocenters. The van der Waals surface area contributed by atoms with Crippen LogP contribution in [0.5, 0.6) is 5.75 Å². The van der Waals surface area contributed by atoms with Gasteiger partial charge >= 0.3 is 5.97 Å². The van der Waals surface area contributed by atoms with Crippen LogP contribution in [-0.4, -0.2) is 20.2 Å². The maximum absolute atomic E-state index is 11.0. The van der Waals surface area contributed by atoms with Gasteiger partial charge in [0, 0.05) is 12.5 Å². The van der Waals surface area contributed by atoms with Gasteiger partial charge in [0.15, 0.2) is 0 Å². The first-order valence-electron chi connectivity index (χ1n) is 5.74. The fraction of sp³-hybridized carbons (Fsp3) is 0.462. The van der Waals surface area contributed by atoms with Crippen LogP contribution in [0.2, 0.25) is 5.02 Å². The third kappa shape index (κ3) is 4.20. The van der Waals surface area contributed by atoms with E-state index < -0.39 is 0 Å². The van der Waals surface area contributed by atoms with E-state index in [-0.39, 0.29) is 12.0 Å². The average Bonchev–Trinajstić information content (AvgIpc) is 2.38. The van der Waals surface area contributed by atoms with Crippen LogP contribution in [0.1, 0.15) is 30.9 Å². The molecule has 4 nitrogen and oxygen atoms in total. The van der Waals surface area contributed by atoms with Gasteiger partial charge in [0.05, 0.1) is 19.2 Å². The topological polar surface area (TPSA) is 61.5 Å². The highest BCUT2D eigenvalue weighted by Crippen LogP contribution is 2.28. The standard InChI is InChI=1S/C13H18ClNO3/c1-17-12-7-6-9(8-10(12)14)11(15)4-3-5-13(16)18-2/h6-8,11H,3-5,15H2,1-2H3. The van der Waals surface area contributed by atoms with Crippen molar-refractivity contribution in [2.24, 2.45) is 5.73 Å². The minimum absolute atomic E-state index is 0.141. The van der Waals surface area contributed by atoms with Crippen LogP contribution in [0, 0.1) is 0 Å². The molecule has 5 heteroatoms. The van der Waals surface area contributed by atoms with Gasteiger partial charge in [0.1, 0.15) is 5.75 Å². The predicted octanol–water partition coefficient (Wildman–Crippen LogP) is 2.69. The molecule has 1 aromatic carbocycles. The fourth-order valence-electron chi connectivity index (χ4n) is 1.65. The molecule has 0 fully saturated rings. The second kappa shape index (κ2) is 7.24. The maximum Gasteiger partial charge on any atom is 0.305 e. The van der Waals surface area contributed by atoms with Crippen molar-refractivity contribution in [1.82, 2.24) is 0 Å². The van der Waals surface area contributed by atoms with Gasteiger partial charge in [-0.05, 0) is 30.5 Å². The minimum Gasteiger partial charge on any atom is -0.495 e. The van der Waals surface area contributed by atoms with Crippen molar-refractivity contribution in [2.75, 3.05) is 14.2 Å². The molecule has 100 valence electrons. The molecule has 0 saturated carbocycles. The Morgan fingerprint density at radius 1 is 1.44 bits per heavy atom. The number of halogens is 1. The number of ether oxygens (including phenoxy) is 2. The molecule has 0 amide bonds. The minimum atomic E-state index is -0.213. The third-order valence-electron chi connectivity index (χ3n) is 2.73. The highest BCUT2D eigenvalue weighted by Gasteiger charge is 2.10. The van der Waals surface area contributed by atoms with Gasteiger partial charge < -0.3 is 15.2 Å². The van der Waals surface area contributed by atoms with Crippen LogP contribution < -0.4 is 10.5 Å². The van der Waals surface area contributed by atoms with E-state index in [1.54, 1.807) is 19.2 Å². The molecule has 1 unspecified atom stereocenters. The van der Waals surface area contributed by atoms with Crippen LogP contribution in [0.15, 0.2) is 18.2 Å². The molecule has 0 bridgehead atoms. The van der Waals surface area contributed by atoms with Crippen LogP contribution >= 0.6 is 11.6 Å². The Labute approximate surface area is 112 Å². The first-order chi connectivity index (χ1) is 8.58. The highest BCUT2D eigenvalue weighted by molar-refractivity contribution is 6.32. The van der Waals surface area contributed by atoms with Crippen molar-refractivity contribution < 1.29 is 14.3 Å². The lowest BCUT2D eigenvalue weighted by Crippen LogP contribution is -2.11. The van der Waals surface area contributed by atoms with E-state index in [0.717, 1.165) is 5.56 Å². The van der Waals surface area contributed by atoms with Crippen molar-refractivity contribution in [3.8, 4) is 5.75 Å². The Balaban J connectivity index is 2.53. The van der Waals surface area contributed by atoms with E-state index in [1.165, 1.54) is 7.11 Å². The van der Waals surface area contributed by atoms with Gasteiger partial charge in [0.2, 0.25) is 0 Å². The first-order valence-corrected chi connectivity index (χ1v) is 6.12. The average molecular weight is 272 g/mol. The Kier molecular flexibility index (Phi) is 5.95. The number of methoxy groups -OCH3 is 2. The molecule has 0 saturated heterocycles. The number of esters is 1. The zero-order valence-corrected chi connectivity index (χ0v) is 11.4. The molecule has 1 rings (SSSR count). The second-order valence-corrected chi connectivity index (χ2v) is 4.38. The Hall–Kier alpha value is -1.26. The fourth-order valence-corrected chi connectivity index (χ4v) is 1.91. The van der Waals surface area contributed by atoms with Crippen molar-refractivity contribution in [2.45, 2.75) is 25.3 Å². The lowest BCUT2D eigenvalue weighted by molar-refractivity contribution is -0.140. The summed E-state index contributed by atoms with van der Waals surface area (Å²) in [5.74, 6) is 0.414. The Morgan fingerprint density at radius 2 is 2.17 bits per heavy atom. The Morgan fingerprint density at radius 3 is 2.72 bits per heavy atom. The molecule has 0 aliphatic carbocycles. The largest absolute Gasteiger partial charge is 0.495 e. The van der Waals surface area contributed by atoms with Gasteiger partial charge in [-0.3, -0.25) is 4.79 Å². The lowest BCUT2D eigenvalue weighted by atomic mass is 10.0. The van der Waals surface area contributed by atoms with Crippen molar-refractivity contribution in [3.63, 3.8) is 0 Å². The lowest BCUT2D eigenvalue weighted by Gasteiger charge is -2.13. The van der Waals surface area contributed by atoms with E-state index in [0.29, 0.717) is 30.0 Å². The van der Waals surface area contributed by atoms with E-state index in [9.17, 15) is 4.79 Å². The zero-order chi connectivity index (χ0) is 13.5. The molecule has 1 aromatic rings. The van der Waals surface area contributed by atoms with Crippen LogP contribution in [-0.2, 0) is 9.53 Å². The summed E-state index contributed by atoms with van der Waals surface area (Å²) in [5.41, 5.74) is 6.97. The number of benzene rings is 1. The summed E-state index contributed by atoms with van der Waals surface area (Å²) in [7, 11) is 2.95. The van der Waals surface area contributed by atoms with Crippen LogP contribution in [0.25, 0.3) is 0 Å². The van der Waals surface area contributed by atoms with Crippen molar-refractivity contribution in [1.29, 1.82) is 0 Å². The number of hydrogen-bond donors (Lipinski definition) is 1. The molecule has 2 N–H and O–H groups in total. The predicted molar refractivity (Wildman–Crippen MR) is 70.8 cm³/mol. The molecule has 0 aromatic heterocycles. The second-order valence-electron chi connectivity index (χ2n) is 3.97. The number of nitrogens with two attached hydrogens (primary N) is 1. The molecule has 18 heavy (non-hydrogen) atoms. The van der Waals surface area contributed by atoms with Crippen LogP contribution in [0.4, 0.5) is 0 Å². The number of hydrogen-bond acceptors (Lipinski definition) is 4. The zero-order valence-electron chi connectivity index (χ0n) is 10.6. The van der Waals surface area contributed by atoms with E-state index in [1.807, 2.05) is 6.07 Å². The van der Waals surface area contributed by atoms with Gasteiger partial charge in [-0.1, -0.05) is 17.7 Å². The molecular formula is C13H18ClNO3. The van der Waals surface area contributed by atoms with Gasteiger partial charge in [0.25, 0.3) is 0 Å². The summed E-state index contributed by atoms with van der Waals surface area (Å²) in [4.78, 5) is 11.0. The normalized spacial score (nSPS) is 12.0. The molecule has 0 heterocycles. The molecule has 0 spiro atoms. The van der Waals surface area contributed by atoms with Crippen molar-refractivity contribution >= 4 is 17.6 Å². The highest BCUT2D eigenvalue weighted by atomic mass is 35.5. The monoisotopic (exact) mass is 271 g/mol. The van der Waals surface area contributed by atoms with Gasteiger partial charge in [-0.25, -0.2) is 0 Å². The summed E-state index contributed by atoms with van der Waals surface area (Å²) in [6, 6.07) is 5.33. The summed E-state index contributed by atoms with van der Waals surface area (Å²) in [6.07, 6.45) is 1.78. The molecule has 0 aliphatic rings. The van der Waals surface area contributed by atoms with E-state index >= 15 is 0 Å². The summed E-state index contributed by atoms with van der Waals surface area (Å²) >= 11 is 6.03. The first kappa shape index (κ1) is 14.8. The summed E-state index contributed by atoms with van der Waals surface area (Å²) in [5, 5.41) is 0.540. The van der Waals surface area contributed by atoms with E-state index in [2.05, 4.69) is 4.74 Å². The maximum atomic E-state index is 11.0. The van der Waals surface area contributed by atoms with Gasteiger partial charge in [-0.2, -0.15) is 0 Å². The van der Waals surface area contributed by atoms with Crippen LogP contribution in [0.3, 0.4) is 0 Å². The number of carbonyl (C=O) groups is 1. The third-order valence-corrected chi connectivity index (χ3v) is 3.02. The summed E-state index contributed by atoms with van der Waals surface area (Å²) < 4.78 is 9.64. The molecule has 0 radical (unpaired) electrons. The SMILES string of the molecule is COC(=O)CCCC(N)c1ccc(OC)c(Cl)c1. The smallest absolute Gasteiger partial charge is 0.305 e.